The Morgan fingerprint density at radius 2 is 0.738 bits per heavy atom. The fourth-order valence-electron chi connectivity index (χ4n) is 9.12. The van der Waals surface area contributed by atoms with Gasteiger partial charge < -0.3 is 0 Å². The van der Waals surface area contributed by atoms with Crippen LogP contribution in [0.5, 0.6) is 0 Å². The lowest BCUT2D eigenvalue weighted by Gasteiger charge is -2.42. The standard InChI is InChI=1S/C41H30N/c1-23-19-33-34(39-26-13-5-3-11-24(26)38(33)25-12-4-6-14-27(25)39)20-32(23)37-21-35-36(22-42(37)2)41-30-17-9-7-15-28(30)40(35)29-16-8-10-18-31(29)41/h3-22,38-41H,1-2H3/q+1. The number of nitrogens with zero attached hydrogens (tertiary/aromatic N) is 1. The molecule has 198 valence electrons. The lowest BCUT2D eigenvalue weighted by Crippen LogP contribution is -2.37. The fourth-order valence-corrected chi connectivity index (χ4v) is 9.12. The van der Waals surface area contributed by atoms with Crippen molar-refractivity contribution < 1.29 is 4.57 Å². The molecule has 1 heterocycles. The molecule has 6 aliphatic rings. The zero-order valence-corrected chi connectivity index (χ0v) is 23.8. The van der Waals surface area contributed by atoms with E-state index >= 15 is 0 Å². The summed E-state index contributed by atoms with van der Waals surface area (Å²) in [5.41, 5.74) is 21.7. The summed E-state index contributed by atoms with van der Waals surface area (Å²) < 4.78 is 2.39. The Morgan fingerprint density at radius 3 is 1.14 bits per heavy atom. The van der Waals surface area contributed by atoms with Crippen LogP contribution in [0.25, 0.3) is 11.3 Å². The molecule has 0 unspecified atom stereocenters. The quantitative estimate of drug-likeness (QED) is 0.185. The molecule has 1 aromatic heterocycles. The largest absolute Gasteiger partial charge is 0.212 e. The number of aryl methyl sites for hydroxylation is 2. The van der Waals surface area contributed by atoms with Crippen LogP contribution in [0.1, 0.15) is 96.0 Å². The summed E-state index contributed by atoms with van der Waals surface area (Å²) in [6.45, 7) is 2.31. The molecule has 0 saturated heterocycles. The highest BCUT2D eigenvalue weighted by Gasteiger charge is 2.44. The Labute approximate surface area is 246 Å². The van der Waals surface area contributed by atoms with Gasteiger partial charge in [-0.25, -0.2) is 4.57 Å². The van der Waals surface area contributed by atoms with Crippen molar-refractivity contribution in [1.29, 1.82) is 0 Å². The number of benzene rings is 5. The van der Waals surface area contributed by atoms with Crippen LogP contribution in [0.4, 0.5) is 0 Å². The SMILES string of the molecule is Cc1cc2c(cc1-c1cc3c(c[n+]1C)C1c4ccccc4C3c3ccccc31)C1c3ccccc3C2c2ccccc21. The van der Waals surface area contributed by atoms with Crippen molar-refractivity contribution in [2.24, 2.45) is 7.05 Å². The second-order valence-corrected chi connectivity index (χ2v) is 12.7. The monoisotopic (exact) mass is 536 g/mol. The summed E-state index contributed by atoms with van der Waals surface area (Å²) in [7, 11) is 2.24. The van der Waals surface area contributed by atoms with E-state index in [4.69, 9.17) is 0 Å². The summed E-state index contributed by atoms with van der Waals surface area (Å²) in [4.78, 5) is 0. The molecule has 0 spiro atoms. The molecule has 4 bridgehead atoms. The summed E-state index contributed by atoms with van der Waals surface area (Å²) in [6, 6.07) is 44.1. The lowest BCUT2D eigenvalue weighted by molar-refractivity contribution is -0.661. The molecule has 0 atom stereocenters. The van der Waals surface area contributed by atoms with E-state index < -0.39 is 0 Å². The van der Waals surface area contributed by atoms with Crippen LogP contribution in [-0.2, 0) is 7.05 Å². The maximum atomic E-state index is 2.54. The first kappa shape index (κ1) is 22.9. The normalized spacial score (nSPS) is 21.1. The average molecular weight is 537 g/mol. The highest BCUT2D eigenvalue weighted by molar-refractivity contribution is 5.75. The smallest absolute Gasteiger partial charge is 0.201 e. The second-order valence-electron chi connectivity index (χ2n) is 12.7. The Bertz CT molecular complexity index is 1900. The number of aromatic nitrogens is 1. The summed E-state index contributed by atoms with van der Waals surface area (Å²) in [6.07, 6.45) is 2.43. The number of pyridine rings is 1. The van der Waals surface area contributed by atoms with Gasteiger partial charge in [0.05, 0.1) is 0 Å². The average Bonchev–Trinajstić information content (AvgIpc) is 3.03. The maximum Gasteiger partial charge on any atom is 0.212 e. The molecule has 0 amide bonds. The summed E-state index contributed by atoms with van der Waals surface area (Å²) in [5.74, 6) is 1.18. The van der Waals surface area contributed by atoms with Crippen molar-refractivity contribution in [2.75, 3.05) is 0 Å². The van der Waals surface area contributed by atoms with Gasteiger partial charge in [0.25, 0.3) is 0 Å². The van der Waals surface area contributed by atoms with Gasteiger partial charge in [-0.05, 0) is 79.8 Å². The highest BCUT2D eigenvalue weighted by Crippen LogP contribution is 2.58. The minimum absolute atomic E-state index is 0.282. The maximum absolute atomic E-state index is 2.54. The van der Waals surface area contributed by atoms with E-state index in [0.717, 1.165) is 0 Å². The minimum atomic E-state index is 0.282. The van der Waals surface area contributed by atoms with Crippen molar-refractivity contribution in [3.8, 4) is 11.3 Å². The van der Waals surface area contributed by atoms with Gasteiger partial charge in [-0.3, -0.25) is 0 Å². The first-order valence-corrected chi connectivity index (χ1v) is 15.2. The third-order valence-corrected chi connectivity index (χ3v) is 10.8. The zero-order chi connectivity index (χ0) is 27.7. The first-order chi connectivity index (χ1) is 20.7. The van der Waals surface area contributed by atoms with Crippen LogP contribution in [0.15, 0.2) is 121 Å². The summed E-state index contributed by atoms with van der Waals surface area (Å²) in [5, 5.41) is 0. The van der Waals surface area contributed by atoms with Crippen LogP contribution >= 0.6 is 0 Å². The highest BCUT2D eigenvalue weighted by atomic mass is 14.9. The van der Waals surface area contributed by atoms with Gasteiger partial charge in [0.15, 0.2) is 6.20 Å². The molecule has 5 aromatic carbocycles. The van der Waals surface area contributed by atoms with Gasteiger partial charge in [-0.15, -0.1) is 0 Å². The second kappa shape index (κ2) is 7.95. The molecule has 0 N–H and O–H groups in total. The number of hydrogen-bond donors (Lipinski definition) is 0. The van der Waals surface area contributed by atoms with Crippen LogP contribution < -0.4 is 4.57 Å². The third kappa shape index (κ3) is 2.72. The van der Waals surface area contributed by atoms with Gasteiger partial charge in [0.2, 0.25) is 5.69 Å². The van der Waals surface area contributed by atoms with Gasteiger partial charge in [0, 0.05) is 40.9 Å². The van der Waals surface area contributed by atoms with Crippen molar-refractivity contribution in [3.05, 3.63) is 194 Å². The van der Waals surface area contributed by atoms with Crippen LogP contribution in [0.3, 0.4) is 0 Å². The molecular formula is C41H30N+. The van der Waals surface area contributed by atoms with E-state index in [-0.39, 0.29) is 11.8 Å². The predicted molar refractivity (Wildman–Crippen MR) is 167 cm³/mol. The lowest BCUT2D eigenvalue weighted by atomic mass is 9.60. The van der Waals surface area contributed by atoms with Crippen molar-refractivity contribution in [2.45, 2.75) is 30.6 Å². The van der Waals surface area contributed by atoms with Crippen molar-refractivity contribution in [3.63, 3.8) is 0 Å². The Hall–Kier alpha value is -4.75. The van der Waals surface area contributed by atoms with E-state index in [1.165, 1.54) is 83.6 Å². The van der Waals surface area contributed by atoms with Gasteiger partial charge >= 0.3 is 0 Å². The van der Waals surface area contributed by atoms with E-state index in [9.17, 15) is 0 Å². The number of rotatable bonds is 1. The van der Waals surface area contributed by atoms with Crippen LogP contribution in [0, 0.1) is 6.92 Å². The first-order valence-electron chi connectivity index (χ1n) is 15.2. The summed E-state index contributed by atoms with van der Waals surface area (Å²) >= 11 is 0. The molecule has 6 aliphatic carbocycles. The van der Waals surface area contributed by atoms with E-state index in [0.29, 0.717) is 11.8 Å². The van der Waals surface area contributed by atoms with Crippen LogP contribution in [0.2, 0.25) is 0 Å². The molecule has 0 saturated carbocycles. The van der Waals surface area contributed by atoms with Gasteiger partial charge in [0.1, 0.15) is 7.05 Å². The molecule has 0 radical (unpaired) electrons. The third-order valence-electron chi connectivity index (χ3n) is 10.8. The Morgan fingerprint density at radius 1 is 0.405 bits per heavy atom. The number of hydrogen-bond acceptors (Lipinski definition) is 0. The van der Waals surface area contributed by atoms with E-state index in [1.807, 2.05) is 0 Å². The van der Waals surface area contributed by atoms with E-state index in [2.05, 4.69) is 140 Å². The fraction of sp³-hybridized carbons (Fsp3) is 0.146. The Balaban J connectivity index is 1.19. The minimum Gasteiger partial charge on any atom is -0.201 e. The molecule has 1 heteroatoms. The molecule has 42 heavy (non-hydrogen) atoms. The molecule has 0 fully saturated rings. The van der Waals surface area contributed by atoms with Gasteiger partial charge in [-0.1, -0.05) is 103 Å². The molecule has 6 aromatic rings. The van der Waals surface area contributed by atoms with Gasteiger partial charge in [-0.2, -0.15) is 0 Å². The Kier molecular flexibility index (Phi) is 4.33. The molecule has 12 rings (SSSR count). The molecule has 0 aliphatic heterocycles. The van der Waals surface area contributed by atoms with Crippen molar-refractivity contribution >= 4 is 0 Å². The molecular weight excluding hydrogens is 506 g/mol. The van der Waals surface area contributed by atoms with Crippen LogP contribution in [-0.4, -0.2) is 0 Å². The van der Waals surface area contributed by atoms with Crippen molar-refractivity contribution in [1.82, 2.24) is 0 Å². The zero-order valence-electron chi connectivity index (χ0n) is 23.8. The molecule has 1 nitrogen and oxygen atoms in total. The van der Waals surface area contributed by atoms with E-state index in [1.54, 1.807) is 0 Å². The topological polar surface area (TPSA) is 3.88 Å². The predicted octanol–water partition coefficient (Wildman–Crippen LogP) is 8.46.